The van der Waals surface area contributed by atoms with E-state index in [1.165, 1.54) is 0 Å². The maximum atomic E-state index is 12.0. The summed E-state index contributed by atoms with van der Waals surface area (Å²) in [5, 5.41) is 21.4. The maximum absolute atomic E-state index is 12.0. The van der Waals surface area contributed by atoms with Crippen LogP contribution in [0.25, 0.3) is 5.82 Å². The largest absolute Gasteiger partial charge is 0.339 e. The highest BCUT2D eigenvalue weighted by atomic mass is 16.2. The number of para-hydroxylation sites is 1. The summed E-state index contributed by atoms with van der Waals surface area (Å²) >= 11 is 0. The van der Waals surface area contributed by atoms with Gasteiger partial charge in [0, 0.05) is 23.3 Å². The molecule has 2 heterocycles. The summed E-state index contributed by atoms with van der Waals surface area (Å²) in [7, 11) is 0. The molecule has 0 aliphatic heterocycles. The van der Waals surface area contributed by atoms with Crippen LogP contribution in [0.3, 0.4) is 0 Å². The van der Waals surface area contributed by atoms with Gasteiger partial charge in [0.25, 0.3) is 0 Å². The highest BCUT2D eigenvalue weighted by Crippen LogP contribution is 2.18. The van der Waals surface area contributed by atoms with Gasteiger partial charge in [0.1, 0.15) is 0 Å². The number of rotatable bonds is 5. The lowest BCUT2D eigenvalue weighted by Gasteiger charge is -2.09. The molecule has 3 N–H and O–H groups in total. The van der Waals surface area contributed by atoms with E-state index >= 15 is 0 Å². The van der Waals surface area contributed by atoms with Crippen molar-refractivity contribution in [3.05, 3.63) is 84.7 Å². The fraction of sp³-hybridized carbons (Fsp3) is 0.0476. The predicted molar refractivity (Wildman–Crippen MR) is 113 cm³/mol. The van der Waals surface area contributed by atoms with Crippen molar-refractivity contribution in [2.75, 3.05) is 16.0 Å². The number of carbonyl (C=O) groups is 1. The zero-order valence-electron chi connectivity index (χ0n) is 15.7. The lowest BCUT2D eigenvalue weighted by molar-refractivity contribution is 0.262. The van der Waals surface area contributed by atoms with Gasteiger partial charge in [-0.3, -0.25) is 0 Å². The van der Waals surface area contributed by atoms with Crippen molar-refractivity contribution in [2.24, 2.45) is 0 Å². The normalized spacial score (nSPS) is 10.4. The van der Waals surface area contributed by atoms with Crippen LogP contribution in [0.2, 0.25) is 0 Å². The molecule has 144 valence electrons. The van der Waals surface area contributed by atoms with Gasteiger partial charge in [-0.2, -0.15) is 5.10 Å². The van der Waals surface area contributed by atoms with Crippen LogP contribution < -0.4 is 16.0 Å². The third-order valence-corrected chi connectivity index (χ3v) is 4.05. The smallest absolute Gasteiger partial charge is 0.323 e. The van der Waals surface area contributed by atoms with Gasteiger partial charge in [0.05, 0.1) is 5.69 Å². The number of benzene rings is 2. The second kappa shape index (κ2) is 8.22. The topological polar surface area (TPSA) is 96.8 Å². The van der Waals surface area contributed by atoms with Crippen molar-refractivity contribution in [1.29, 1.82) is 0 Å². The average Bonchev–Trinajstić information content (AvgIpc) is 3.17. The molecule has 0 aliphatic rings. The predicted octanol–water partition coefficient (Wildman–Crippen LogP) is 4.36. The summed E-state index contributed by atoms with van der Waals surface area (Å²) in [6, 6.07) is 21.9. The SMILES string of the molecule is Cc1ccn(-c2ccc(Nc3ccc(NC(=O)Nc4ccccc4)cc3)nn2)n1. The summed E-state index contributed by atoms with van der Waals surface area (Å²) in [5.41, 5.74) is 3.16. The van der Waals surface area contributed by atoms with Crippen molar-refractivity contribution in [3.63, 3.8) is 0 Å². The zero-order valence-corrected chi connectivity index (χ0v) is 15.7. The summed E-state index contributed by atoms with van der Waals surface area (Å²) in [6.07, 6.45) is 1.84. The van der Waals surface area contributed by atoms with Gasteiger partial charge in [-0.05, 0) is 61.5 Å². The first kappa shape index (κ1) is 18.2. The maximum Gasteiger partial charge on any atom is 0.323 e. The van der Waals surface area contributed by atoms with E-state index < -0.39 is 0 Å². The Labute approximate surface area is 167 Å². The van der Waals surface area contributed by atoms with E-state index in [9.17, 15) is 4.79 Å². The number of urea groups is 1. The Morgan fingerprint density at radius 2 is 1.48 bits per heavy atom. The molecule has 0 unspecified atom stereocenters. The van der Waals surface area contributed by atoms with Crippen LogP contribution in [0.1, 0.15) is 5.69 Å². The number of amides is 2. The number of nitrogens with one attached hydrogen (secondary N) is 3. The standard InChI is InChI=1S/C21H19N7O/c1-15-13-14-28(27-15)20-12-11-19(25-26-20)22-17-7-9-18(10-8-17)24-21(29)23-16-5-3-2-4-6-16/h2-14H,1H3,(H,22,25)(H2,23,24,29). The molecule has 2 amide bonds. The lowest BCUT2D eigenvalue weighted by atomic mass is 10.2. The molecule has 0 fully saturated rings. The Morgan fingerprint density at radius 1 is 0.793 bits per heavy atom. The molecule has 0 spiro atoms. The van der Waals surface area contributed by atoms with Gasteiger partial charge in [-0.25, -0.2) is 9.48 Å². The van der Waals surface area contributed by atoms with Crippen LogP contribution in [0.5, 0.6) is 0 Å². The Bertz CT molecular complexity index is 1090. The molecule has 8 heteroatoms. The third-order valence-electron chi connectivity index (χ3n) is 4.05. The fourth-order valence-corrected chi connectivity index (χ4v) is 2.66. The molecule has 0 atom stereocenters. The molecule has 2 aromatic heterocycles. The number of hydrogen-bond acceptors (Lipinski definition) is 5. The minimum atomic E-state index is -0.299. The zero-order chi connectivity index (χ0) is 20.1. The van der Waals surface area contributed by atoms with E-state index in [1.807, 2.05) is 73.8 Å². The lowest BCUT2D eigenvalue weighted by Crippen LogP contribution is -2.19. The minimum Gasteiger partial charge on any atom is -0.339 e. The molecule has 0 radical (unpaired) electrons. The van der Waals surface area contributed by atoms with Crippen LogP contribution >= 0.6 is 0 Å². The molecule has 4 aromatic rings. The first-order valence-electron chi connectivity index (χ1n) is 9.02. The van der Waals surface area contributed by atoms with Crippen LogP contribution in [0, 0.1) is 6.92 Å². The quantitative estimate of drug-likeness (QED) is 0.474. The molecule has 0 saturated heterocycles. The molecule has 0 bridgehead atoms. The second-order valence-electron chi connectivity index (χ2n) is 6.33. The second-order valence-corrected chi connectivity index (χ2v) is 6.33. The molecule has 29 heavy (non-hydrogen) atoms. The average molecular weight is 385 g/mol. The number of aryl methyl sites for hydroxylation is 1. The molecule has 8 nitrogen and oxygen atoms in total. The van der Waals surface area contributed by atoms with Gasteiger partial charge in [-0.15, -0.1) is 10.2 Å². The molecule has 2 aromatic carbocycles. The van der Waals surface area contributed by atoms with Gasteiger partial charge >= 0.3 is 6.03 Å². The molecule has 0 saturated carbocycles. The summed E-state index contributed by atoms with van der Waals surface area (Å²) in [6.45, 7) is 1.92. The van der Waals surface area contributed by atoms with E-state index in [0.717, 1.165) is 17.1 Å². The summed E-state index contributed by atoms with van der Waals surface area (Å²) in [4.78, 5) is 12.0. The minimum absolute atomic E-state index is 0.299. The van der Waals surface area contributed by atoms with Crippen molar-refractivity contribution in [1.82, 2.24) is 20.0 Å². The van der Waals surface area contributed by atoms with Crippen molar-refractivity contribution < 1.29 is 4.79 Å². The first-order valence-corrected chi connectivity index (χ1v) is 9.02. The van der Waals surface area contributed by atoms with Crippen LogP contribution in [0.15, 0.2) is 79.0 Å². The van der Waals surface area contributed by atoms with Crippen LogP contribution in [0.4, 0.5) is 27.7 Å². The van der Waals surface area contributed by atoms with E-state index in [2.05, 4.69) is 31.2 Å². The number of aromatic nitrogens is 4. The van der Waals surface area contributed by atoms with Crippen molar-refractivity contribution >= 4 is 28.9 Å². The molecule has 0 aliphatic carbocycles. The van der Waals surface area contributed by atoms with Crippen molar-refractivity contribution in [3.8, 4) is 5.82 Å². The number of nitrogens with zero attached hydrogens (tertiary/aromatic N) is 4. The van der Waals surface area contributed by atoms with E-state index in [0.29, 0.717) is 17.3 Å². The van der Waals surface area contributed by atoms with Crippen LogP contribution in [-0.4, -0.2) is 26.0 Å². The Kier molecular flexibility index (Phi) is 5.15. The number of hydrogen-bond donors (Lipinski definition) is 3. The number of carbonyl (C=O) groups excluding carboxylic acids is 1. The van der Waals surface area contributed by atoms with Gasteiger partial charge in [-0.1, -0.05) is 18.2 Å². The first-order chi connectivity index (χ1) is 14.2. The fourth-order valence-electron chi connectivity index (χ4n) is 2.66. The Morgan fingerprint density at radius 3 is 2.10 bits per heavy atom. The molecular weight excluding hydrogens is 366 g/mol. The van der Waals surface area contributed by atoms with Gasteiger partial charge in [0.2, 0.25) is 0 Å². The third kappa shape index (κ3) is 4.75. The van der Waals surface area contributed by atoms with Gasteiger partial charge < -0.3 is 16.0 Å². The molecular formula is C21H19N7O. The Balaban J connectivity index is 1.35. The van der Waals surface area contributed by atoms with E-state index in [-0.39, 0.29) is 6.03 Å². The van der Waals surface area contributed by atoms with Crippen molar-refractivity contribution in [2.45, 2.75) is 6.92 Å². The highest BCUT2D eigenvalue weighted by Gasteiger charge is 2.04. The van der Waals surface area contributed by atoms with Crippen LogP contribution in [-0.2, 0) is 0 Å². The van der Waals surface area contributed by atoms with Gasteiger partial charge in [0.15, 0.2) is 11.6 Å². The number of anilines is 4. The molecule has 4 rings (SSSR count). The van der Waals surface area contributed by atoms with E-state index in [1.54, 1.807) is 16.8 Å². The Hall–Kier alpha value is -4.20. The summed E-state index contributed by atoms with van der Waals surface area (Å²) < 4.78 is 1.67. The summed E-state index contributed by atoms with van der Waals surface area (Å²) in [5.74, 6) is 1.26. The van der Waals surface area contributed by atoms with E-state index in [4.69, 9.17) is 0 Å². The highest BCUT2D eigenvalue weighted by molar-refractivity contribution is 5.99. The monoisotopic (exact) mass is 385 g/mol.